The molecule has 0 unspecified atom stereocenters. The van der Waals surface area contributed by atoms with E-state index in [-0.39, 0.29) is 12.2 Å². The Balaban J connectivity index is 3.11. The summed E-state index contributed by atoms with van der Waals surface area (Å²) in [6.07, 6.45) is -4.82. The van der Waals surface area contributed by atoms with E-state index in [1.807, 2.05) is 0 Å². The molecule has 0 amide bonds. The number of hydrogen-bond donors (Lipinski definition) is 1. The summed E-state index contributed by atoms with van der Waals surface area (Å²) in [5.41, 5.74) is 4.68. The van der Waals surface area contributed by atoms with Crippen molar-refractivity contribution < 1.29 is 18.3 Å². The standard InChI is InChI=1S/C9H9F3N4O/c1-8(17,9(10,11)12)7-4-2-3-6(15-7)5-14-16-13/h2-4,17H,5H2,1H3/t8-/m0/s1. The molecule has 1 aromatic rings. The summed E-state index contributed by atoms with van der Waals surface area (Å²) >= 11 is 0. The lowest BCUT2D eigenvalue weighted by Gasteiger charge is -2.25. The topological polar surface area (TPSA) is 81.9 Å². The number of alkyl halides is 3. The lowest BCUT2D eigenvalue weighted by Crippen LogP contribution is -2.40. The van der Waals surface area contributed by atoms with Crippen LogP contribution in [0.4, 0.5) is 13.2 Å². The minimum atomic E-state index is -4.82. The Bertz CT molecular complexity index is 452. The van der Waals surface area contributed by atoms with Gasteiger partial charge in [0.15, 0.2) is 5.60 Å². The van der Waals surface area contributed by atoms with Gasteiger partial charge in [0, 0.05) is 10.6 Å². The molecule has 0 spiro atoms. The Morgan fingerprint density at radius 3 is 2.65 bits per heavy atom. The molecule has 0 radical (unpaired) electrons. The van der Waals surface area contributed by atoms with Crippen molar-refractivity contribution in [1.29, 1.82) is 0 Å². The molecule has 0 bridgehead atoms. The first-order valence-electron chi connectivity index (χ1n) is 4.55. The van der Waals surface area contributed by atoms with Gasteiger partial charge in [-0.2, -0.15) is 13.2 Å². The summed E-state index contributed by atoms with van der Waals surface area (Å²) in [7, 11) is 0. The van der Waals surface area contributed by atoms with Gasteiger partial charge in [-0.3, -0.25) is 4.98 Å². The van der Waals surface area contributed by atoms with Crippen LogP contribution in [0.2, 0.25) is 0 Å². The number of pyridine rings is 1. The second kappa shape index (κ2) is 4.60. The molecule has 0 fully saturated rings. The van der Waals surface area contributed by atoms with Crippen LogP contribution in [0.15, 0.2) is 23.3 Å². The van der Waals surface area contributed by atoms with Gasteiger partial charge in [-0.15, -0.1) is 0 Å². The van der Waals surface area contributed by atoms with Crippen molar-refractivity contribution in [3.63, 3.8) is 0 Å². The monoisotopic (exact) mass is 246 g/mol. The molecular formula is C9H9F3N4O. The number of nitrogens with zero attached hydrogens (tertiary/aromatic N) is 4. The summed E-state index contributed by atoms with van der Waals surface area (Å²) < 4.78 is 37.6. The zero-order valence-corrected chi connectivity index (χ0v) is 8.81. The van der Waals surface area contributed by atoms with Gasteiger partial charge < -0.3 is 5.11 Å². The molecular weight excluding hydrogens is 237 g/mol. The maximum absolute atomic E-state index is 12.5. The van der Waals surface area contributed by atoms with Crippen molar-refractivity contribution in [3.8, 4) is 0 Å². The van der Waals surface area contributed by atoms with Crippen LogP contribution in [0.5, 0.6) is 0 Å². The third kappa shape index (κ3) is 2.86. The van der Waals surface area contributed by atoms with Crippen molar-refractivity contribution in [2.45, 2.75) is 25.2 Å². The van der Waals surface area contributed by atoms with Crippen molar-refractivity contribution in [2.24, 2.45) is 5.11 Å². The fourth-order valence-electron chi connectivity index (χ4n) is 1.09. The smallest absolute Gasteiger partial charge is 0.375 e. The van der Waals surface area contributed by atoms with E-state index < -0.39 is 17.5 Å². The third-order valence-corrected chi connectivity index (χ3v) is 2.15. The van der Waals surface area contributed by atoms with Crippen LogP contribution in [0, 0.1) is 0 Å². The first kappa shape index (κ1) is 13.3. The van der Waals surface area contributed by atoms with Crippen LogP contribution >= 0.6 is 0 Å². The lowest BCUT2D eigenvalue weighted by atomic mass is 10.0. The van der Waals surface area contributed by atoms with E-state index in [0.29, 0.717) is 6.92 Å². The second-order valence-corrected chi connectivity index (χ2v) is 3.47. The van der Waals surface area contributed by atoms with Crippen LogP contribution in [0.3, 0.4) is 0 Å². The molecule has 1 N–H and O–H groups in total. The predicted molar refractivity (Wildman–Crippen MR) is 52.7 cm³/mol. The largest absolute Gasteiger partial charge is 0.422 e. The van der Waals surface area contributed by atoms with Crippen molar-refractivity contribution in [3.05, 3.63) is 40.0 Å². The Morgan fingerprint density at radius 1 is 1.47 bits per heavy atom. The van der Waals surface area contributed by atoms with Crippen LogP contribution < -0.4 is 0 Å². The highest BCUT2D eigenvalue weighted by Gasteiger charge is 2.52. The van der Waals surface area contributed by atoms with E-state index >= 15 is 0 Å². The molecule has 8 heteroatoms. The van der Waals surface area contributed by atoms with Gasteiger partial charge >= 0.3 is 6.18 Å². The lowest BCUT2D eigenvalue weighted by molar-refractivity contribution is -0.260. The Kier molecular flexibility index (Phi) is 3.59. The van der Waals surface area contributed by atoms with E-state index in [0.717, 1.165) is 6.07 Å². The summed E-state index contributed by atoms with van der Waals surface area (Å²) in [6, 6.07) is 3.78. The molecule has 1 aromatic heterocycles. The average Bonchev–Trinajstić information content (AvgIpc) is 2.25. The Hall–Kier alpha value is -1.79. The van der Waals surface area contributed by atoms with E-state index in [2.05, 4.69) is 15.0 Å². The molecule has 0 saturated carbocycles. The summed E-state index contributed by atoms with van der Waals surface area (Å²) in [4.78, 5) is 6.09. The van der Waals surface area contributed by atoms with E-state index in [1.54, 1.807) is 0 Å². The van der Waals surface area contributed by atoms with Gasteiger partial charge in [0.05, 0.1) is 12.2 Å². The number of hydrogen-bond acceptors (Lipinski definition) is 3. The number of rotatable bonds is 3. The van der Waals surface area contributed by atoms with Gasteiger partial charge in [-0.1, -0.05) is 11.2 Å². The van der Waals surface area contributed by atoms with Crippen molar-refractivity contribution in [1.82, 2.24) is 4.98 Å². The van der Waals surface area contributed by atoms with E-state index in [9.17, 15) is 18.3 Å². The molecule has 0 saturated heterocycles. The molecule has 92 valence electrons. The van der Waals surface area contributed by atoms with E-state index in [4.69, 9.17) is 5.53 Å². The highest BCUT2D eigenvalue weighted by molar-refractivity contribution is 5.18. The third-order valence-electron chi connectivity index (χ3n) is 2.15. The summed E-state index contributed by atoms with van der Waals surface area (Å²) in [5.74, 6) is 0. The summed E-state index contributed by atoms with van der Waals surface area (Å²) in [5, 5.41) is 12.6. The molecule has 0 aliphatic rings. The van der Waals surface area contributed by atoms with Crippen LogP contribution in [-0.4, -0.2) is 16.3 Å². The molecule has 0 aromatic carbocycles. The highest BCUT2D eigenvalue weighted by atomic mass is 19.4. The van der Waals surface area contributed by atoms with E-state index in [1.165, 1.54) is 12.1 Å². The minimum absolute atomic E-state index is 0.157. The van der Waals surface area contributed by atoms with Crippen LogP contribution in [-0.2, 0) is 12.1 Å². The minimum Gasteiger partial charge on any atom is -0.375 e. The quantitative estimate of drug-likeness (QED) is 0.505. The molecule has 17 heavy (non-hydrogen) atoms. The van der Waals surface area contributed by atoms with Gasteiger partial charge in [-0.05, 0) is 24.6 Å². The fourth-order valence-corrected chi connectivity index (χ4v) is 1.09. The first-order chi connectivity index (χ1) is 7.79. The summed E-state index contributed by atoms with van der Waals surface area (Å²) in [6.45, 7) is 0.449. The molecule has 1 heterocycles. The normalized spacial score (nSPS) is 14.9. The van der Waals surface area contributed by atoms with Crippen LogP contribution in [0.25, 0.3) is 10.4 Å². The zero-order chi connectivity index (χ0) is 13.1. The molecule has 0 aliphatic heterocycles. The highest BCUT2D eigenvalue weighted by Crippen LogP contribution is 2.37. The molecule has 1 rings (SSSR count). The molecule has 0 aliphatic carbocycles. The van der Waals surface area contributed by atoms with Crippen LogP contribution in [0.1, 0.15) is 18.3 Å². The Morgan fingerprint density at radius 2 is 2.12 bits per heavy atom. The molecule has 5 nitrogen and oxygen atoms in total. The van der Waals surface area contributed by atoms with Gasteiger partial charge in [0.2, 0.25) is 0 Å². The van der Waals surface area contributed by atoms with Gasteiger partial charge in [0.25, 0.3) is 0 Å². The number of aliphatic hydroxyl groups is 1. The number of aromatic nitrogens is 1. The van der Waals surface area contributed by atoms with Crippen molar-refractivity contribution >= 4 is 0 Å². The zero-order valence-electron chi connectivity index (χ0n) is 8.81. The SMILES string of the molecule is C[C@](O)(c1cccc(CN=[N+]=[N-])n1)C(F)(F)F. The second-order valence-electron chi connectivity index (χ2n) is 3.47. The van der Waals surface area contributed by atoms with Gasteiger partial charge in [-0.25, -0.2) is 0 Å². The molecule has 1 atom stereocenters. The van der Waals surface area contributed by atoms with Crippen molar-refractivity contribution in [2.75, 3.05) is 0 Å². The van der Waals surface area contributed by atoms with Gasteiger partial charge in [0.1, 0.15) is 0 Å². The maximum atomic E-state index is 12.5. The number of halogens is 3. The average molecular weight is 246 g/mol. The first-order valence-corrected chi connectivity index (χ1v) is 4.55. The maximum Gasteiger partial charge on any atom is 0.422 e. The fraction of sp³-hybridized carbons (Fsp3) is 0.444. The predicted octanol–water partition coefficient (Wildman–Crippen LogP) is 2.66. The number of azide groups is 1. The Labute approximate surface area is 94.5 Å².